The van der Waals surface area contributed by atoms with Crippen molar-refractivity contribution in [2.24, 2.45) is 0 Å². The molecular weight excluding hydrogens is 310 g/mol. The molecule has 0 saturated carbocycles. The Labute approximate surface area is 146 Å². The lowest BCUT2D eigenvalue weighted by Gasteiger charge is -2.05. The molecule has 0 aliphatic carbocycles. The van der Waals surface area contributed by atoms with E-state index < -0.39 is 0 Å². The van der Waals surface area contributed by atoms with Gasteiger partial charge in [0.25, 0.3) is 0 Å². The lowest BCUT2D eigenvalue weighted by Crippen LogP contribution is -1.99. The van der Waals surface area contributed by atoms with Gasteiger partial charge in [-0.1, -0.05) is 48.5 Å². The van der Waals surface area contributed by atoms with Crippen LogP contribution in [0.5, 0.6) is 5.75 Å². The predicted molar refractivity (Wildman–Crippen MR) is 98.8 cm³/mol. The van der Waals surface area contributed by atoms with Gasteiger partial charge >= 0.3 is 0 Å². The first-order chi connectivity index (χ1) is 12.3. The first kappa shape index (κ1) is 15.1. The lowest BCUT2D eigenvalue weighted by molar-refractivity contribution is 0.415. The largest absolute Gasteiger partial charge is 0.497 e. The third-order valence-corrected chi connectivity index (χ3v) is 3.99. The van der Waals surface area contributed by atoms with Crippen LogP contribution < -0.4 is 4.74 Å². The van der Waals surface area contributed by atoms with Crippen molar-refractivity contribution in [3.63, 3.8) is 0 Å². The van der Waals surface area contributed by atoms with E-state index in [-0.39, 0.29) is 0 Å². The standard InChI is InChI=1S/C21H17N3O/c1-25-19-14-12-16(13-15-19)20-22-21(17-8-4-2-5-9-17)24(23-20)18-10-6-3-7-11-18/h2-15H,1H3. The number of hydrogen-bond donors (Lipinski definition) is 0. The zero-order valence-electron chi connectivity index (χ0n) is 13.8. The molecule has 0 radical (unpaired) electrons. The monoisotopic (exact) mass is 327 g/mol. The van der Waals surface area contributed by atoms with Crippen molar-refractivity contribution in [2.45, 2.75) is 0 Å². The molecule has 0 bridgehead atoms. The molecule has 1 heterocycles. The fourth-order valence-corrected chi connectivity index (χ4v) is 2.70. The van der Waals surface area contributed by atoms with Crippen molar-refractivity contribution in [1.82, 2.24) is 14.8 Å². The second-order valence-electron chi connectivity index (χ2n) is 5.60. The van der Waals surface area contributed by atoms with Crippen LogP contribution in [0.2, 0.25) is 0 Å². The number of hydrogen-bond acceptors (Lipinski definition) is 3. The molecule has 122 valence electrons. The summed E-state index contributed by atoms with van der Waals surface area (Å²) in [5.41, 5.74) is 2.96. The summed E-state index contributed by atoms with van der Waals surface area (Å²) in [5, 5.41) is 4.75. The van der Waals surface area contributed by atoms with E-state index in [1.165, 1.54) is 0 Å². The highest BCUT2D eigenvalue weighted by molar-refractivity contribution is 5.64. The van der Waals surface area contributed by atoms with E-state index >= 15 is 0 Å². The minimum Gasteiger partial charge on any atom is -0.497 e. The number of ether oxygens (including phenoxy) is 1. The average molecular weight is 327 g/mol. The Morgan fingerprint density at radius 3 is 2.00 bits per heavy atom. The van der Waals surface area contributed by atoms with Gasteiger partial charge < -0.3 is 4.74 Å². The molecular formula is C21H17N3O. The molecule has 0 amide bonds. The fourth-order valence-electron chi connectivity index (χ4n) is 2.70. The van der Waals surface area contributed by atoms with Crippen molar-refractivity contribution in [1.29, 1.82) is 0 Å². The Morgan fingerprint density at radius 1 is 0.720 bits per heavy atom. The van der Waals surface area contributed by atoms with Crippen LogP contribution in [-0.4, -0.2) is 21.9 Å². The van der Waals surface area contributed by atoms with Crippen LogP contribution in [0, 0.1) is 0 Å². The minimum atomic E-state index is 0.686. The third kappa shape index (κ3) is 3.02. The molecule has 0 unspecified atom stereocenters. The van der Waals surface area contributed by atoms with Crippen molar-refractivity contribution >= 4 is 0 Å². The maximum Gasteiger partial charge on any atom is 0.182 e. The number of rotatable bonds is 4. The van der Waals surface area contributed by atoms with Crippen LogP contribution in [0.15, 0.2) is 84.9 Å². The van der Waals surface area contributed by atoms with E-state index in [4.69, 9.17) is 14.8 Å². The molecule has 4 heteroatoms. The van der Waals surface area contributed by atoms with Gasteiger partial charge in [-0.2, -0.15) is 0 Å². The van der Waals surface area contributed by atoms with E-state index in [2.05, 4.69) is 0 Å². The Morgan fingerprint density at radius 2 is 1.36 bits per heavy atom. The van der Waals surface area contributed by atoms with E-state index in [1.54, 1.807) is 7.11 Å². The average Bonchev–Trinajstić information content (AvgIpc) is 3.15. The molecule has 4 aromatic rings. The Kier molecular flexibility index (Phi) is 4.01. The third-order valence-electron chi connectivity index (χ3n) is 3.99. The first-order valence-electron chi connectivity index (χ1n) is 8.07. The molecule has 0 atom stereocenters. The molecule has 3 aromatic carbocycles. The van der Waals surface area contributed by atoms with Gasteiger partial charge in [0, 0.05) is 11.1 Å². The maximum atomic E-state index is 5.23. The van der Waals surface area contributed by atoms with Crippen molar-refractivity contribution in [3.05, 3.63) is 84.9 Å². The van der Waals surface area contributed by atoms with Gasteiger partial charge in [0.2, 0.25) is 0 Å². The summed E-state index contributed by atoms with van der Waals surface area (Å²) >= 11 is 0. The van der Waals surface area contributed by atoms with Crippen LogP contribution >= 0.6 is 0 Å². The van der Waals surface area contributed by atoms with Gasteiger partial charge in [-0.15, -0.1) is 5.10 Å². The van der Waals surface area contributed by atoms with Crippen molar-refractivity contribution in [3.8, 4) is 34.2 Å². The molecule has 0 saturated heterocycles. The number of para-hydroxylation sites is 1. The SMILES string of the molecule is COc1ccc(-c2nc(-c3ccccc3)n(-c3ccccc3)n2)cc1. The molecule has 0 N–H and O–H groups in total. The smallest absolute Gasteiger partial charge is 0.182 e. The second kappa shape index (κ2) is 6.61. The normalized spacial score (nSPS) is 10.6. The van der Waals surface area contributed by atoms with Crippen LogP contribution in [0.3, 0.4) is 0 Å². The molecule has 4 rings (SSSR count). The quantitative estimate of drug-likeness (QED) is 0.549. The topological polar surface area (TPSA) is 39.9 Å². The highest BCUT2D eigenvalue weighted by Gasteiger charge is 2.14. The maximum absolute atomic E-state index is 5.23. The van der Waals surface area contributed by atoms with Gasteiger partial charge in [-0.25, -0.2) is 9.67 Å². The van der Waals surface area contributed by atoms with Gasteiger partial charge in [-0.05, 0) is 36.4 Å². The molecule has 0 fully saturated rings. The minimum absolute atomic E-state index is 0.686. The molecule has 0 spiro atoms. The number of methoxy groups -OCH3 is 1. The Hall–Kier alpha value is -3.40. The zero-order chi connectivity index (χ0) is 17.1. The summed E-state index contributed by atoms with van der Waals surface area (Å²) in [7, 11) is 1.66. The second-order valence-corrected chi connectivity index (χ2v) is 5.60. The molecule has 0 aliphatic heterocycles. The summed E-state index contributed by atoms with van der Waals surface area (Å²) in [6.07, 6.45) is 0. The van der Waals surface area contributed by atoms with E-state index in [0.717, 1.165) is 28.4 Å². The molecule has 4 nitrogen and oxygen atoms in total. The van der Waals surface area contributed by atoms with Gasteiger partial charge in [0.15, 0.2) is 11.6 Å². The lowest BCUT2D eigenvalue weighted by atomic mass is 10.2. The number of nitrogens with zero attached hydrogens (tertiary/aromatic N) is 3. The zero-order valence-corrected chi connectivity index (χ0v) is 13.8. The van der Waals surface area contributed by atoms with E-state index in [0.29, 0.717) is 5.82 Å². The summed E-state index contributed by atoms with van der Waals surface area (Å²) < 4.78 is 7.11. The van der Waals surface area contributed by atoms with Gasteiger partial charge in [0.1, 0.15) is 5.75 Å². The van der Waals surface area contributed by atoms with Gasteiger partial charge in [-0.3, -0.25) is 0 Å². The van der Waals surface area contributed by atoms with Crippen molar-refractivity contribution in [2.75, 3.05) is 7.11 Å². The van der Waals surface area contributed by atoms with Crippen LogP contribution in [0.25, 0.3) is 28.5 Å². The fraction of sp³-hybridized carbons (Fsp3) is 0.0476. The Bertz CT molecular complexity index is 904. The molecule has 0 aliphatic rings. The Balaban J connectivity index is 1.86. The summed E-state index contributed by atoms with van der Waals surface area (Å²) in [6.45, 7) is 0. The summed E-state index contributed by atoms with van der Waals surface area (Å²) in [4.78, 5) is 4.79. The molecule has 25 heavy (non-hydrogen) atoms. The van der Waals surface area contributed by atoms with Gasteiger partial charge in [0.05, 0.1) is 12.8 Å². The van der Waals surface area contributed by atoms with E-state index in [1.807, 2.05) is 89.6 Å². The summed E-state index contributed by atoms with van der Waals surface area (Å²) in [6, 6.07) is 27.9. The predicted octanol–water partition coefficient (Wildman–Crippen LogP) is 4.61. The highest BCUT2D eigenvalue weighted by atomic mass is 16.5. The van der Waals surface area contributed by atoms with Crippen molar-refractivity contribution < 1.29 is 4.74 Å². The number of benzene rings is 3. The first-order valence-corrected chi connectivity index (χ1v) is 8.07. The number of aromatic nitrogens is 3. The van der Waals surface area contributed by atoms with E-state index in [9.17, 15) is 0 Å². The molecule has 1 aromatic heterocycles. The van der Waals surface area contributed by atoms with Crippen LogP contribution in [0.1, 0.15) is 0 Å². The highest BCUT2D eigenvalue weighted by Crippen LogP contribution is 2.26. The summed E-state index contributed by atoms with van der Waals surface area (Å²) in [5.74, 6) is 2.32. The van der Waals surface area contributed by atoms with Crippen LogP contribution in [-0.2, 0) is 0 Å². The van der Waals surface area contributed by atoms with Crippen LogP contribution in [0.4, 0.5) is 0 Å².